The van der Waals surface area contributed by atoms with E-state index in [2.05, 4.69) is 35.7 Å². The summed E-state index contributed by atoms with van der Waals surface area (Å²) >= 11 is 0. The molecule has 0 bridgehead atoms. The third-order valence-corrected chi connectivity index (χ3v) is 2.58. The van der Waals surface area contributed by atoms with Crippen molar-refractivity contribution in [3.63, 3.8) is 0 Å². The minimum Gasteiger partial charge on any atom is -0.384 e. The van der Waals surface area contributed by atoms with E-state index in [0.717, 1.165) is 5.69 Å². The van der Waals surface area contributed by atoms with Gasteiger partial charge in [-0.05, 0) is 29.8 Å². The molecule has 1 unspecified atom stereocenters. The number of nitrogens with zero attached hydrogens (tertiary/aromatic N) is 1. The highest BCUT2D eigenvalue weighted by atomic mass is 14.9. The van der Waals surface area contributed by atoms with Gasteiger partial charge in [0.25, 0.3) is 0 Å². The van der Waals surface area contributed by atoms with Crippen molar-refractivity contribution in [3.05, 3.63) is 42.5 Å². The Morgan fingerprint density at radius 3 is 2.69 bits per heavy atom. The van der Waals surface area contributed by atoms with Crippen LogP contribution in [-0.4, -0.2) is 6.54 Å². The summed E-state index contributed by atoms with van der Waals surface area (Å²) in [6.45, 7) is 2.60. The van der Waals surface area contributed by atoms with Gasteiger partial charge >= 0.3 is 0 Å². The predicted octanol–water partition coefficient (Wildman–Crippen LogP) is 3.41. The Morgan fingerprint density at radius 2 is 1.94 bits per heavy atom. The molecule has 2 rings (SSSR count). The predicted molar refractivity (Wildman–Crippen MR) is 67.2 cm³/mol. The maximum Gasteiger partial charge on any atom is 0.0671 e. The van der Waals surface area contributed by atoms with E-state index >= 15 is 0 Å². The normalized spacial score (nSPS) is 12.0. The lowest BCUT2D eigenvalue weighted by atomic mass is 10.1. The Labute approximate surface area is 95.5 Å². The van der Waals surface area contributed by atoms with Crippen molar-refractivity contribution >= 4 is 16.5 Å². The van der Waals surface area contributed by atoms with Crippen LogP contribution in [0.3, 0.4) is 0 Å². The molecule has 0 aromatic heterocycles. The molecule has 0 fully saturated rings. The fraction of sp³-hybridized carbons (Fsp3) is 0.214. The molecule has 0 aliphatic rings. The van der Waals surface area contributed by atoms with Crippen LogP contribution < -0.4 is 5.32 Å². The van der Waals surface area contributed by atoms with Crippen molar-refractivity contribution < 1.29 is 0 Å². The van der Waals surface area contributed by atoms with Crippen LogP contribution in [0.5, 0.6) is 0 Å². The highest BCUT2D eigenvalue weighted by Gasteiger charge is 1.99. The smallest absolute Gasteiger partial charge is 0.0671 e. The lowest BCUT2D eigenvalue weighted by Crippen LogP contribution is -2.08. The highest BCUT2D eigenvalue weighted by Crippen LogP contribution is 2.18. The van der Waals surface area contributed by atoms with Crippen molar-refractivity contribution in [3.8, 4) is 6.07 Å². The van der Waals surface area contributed by atoms with Gasteiger partial charge in [0.1, 0.15) is 0 Å². The third kappa shape index (κ3) is 2.32. The molecule has 2 nitrogen and oxygen atoms in total. The van der Waals surface area contributed by atoms with Gasteiger partial charge in [-0.2, -0.15) is 5.26 Å². The molecule has 0 heterocycles. The second kappa shape index (κ2) is 4.67. The standard InChI is InChI=1S/C14H14N2/c1-11(9-15)10-16-14-7-6-12-4-2-3-5-13(12)8-14/h2-8,11,16H,10H2,1H3. The molecule has 2 heteroatoms. The highest BCUT2D eigenvalue weighted by molar-refractivity contribution is 5.85. The van der Waals surface area contributed by atoms with E-state index in [-0.39, 0.29) is 5.92 Å². The molecule has 2 aromatic rings. The number of benzene rings is 2. The summed E-state index contributed by atoms with van der Waals surface area (Å²) in [7, 11) is 0. The van der Waals surface area contributed by atoms with E-state index in [4.69, 9.17) is 5.26 Å². The summed E-state index contributed by atoms with van der Waals surface area (Å²) < 4.78 is 0. The van der Waals surface area contributed by atoms with Gasteiger partial charge in [0, 0.05) is 12.2 Å². The number of hydrogen-bond acceptors (Lipinski definition) is 2. The number of rotatable bonds is 3. The maximum atomic E-state index is 8.69. The Bertz CT molecular complexity index is 525. The maximum absolute atomic E-state index is 8.69. The Balaban J connectivity index is 2.17. The summed E-state index contributed by atoms with van der Waals surface area (Å²) in [5.74, 6) is 0.0338. The largest absolute Gasteiger partial charge is 0.384 e. The molecule has 0 aliphatic heterocycles. The van der Waals surface area contributed by atoms with Gasteiger partial charge in [0.05, 0.1) is 12.0 Å². The van der Waals surface area contributed by atoms with Crippen LogP contribution in [0.1, 0.15) is 6.92 Å². The SMILES string of the molecule is CC(C#N)CNc1ccc2ccccc2c1. The second-order valence-electron chi connectivity index (χ2n) is 3.97. The zero-order chi connectivity index (χ0) is 11.4. The molecule has 0 aliphatic carbocycles. The van der Waals surface area contributed by atoms with Crippen LogP contribution in [-0.2, 0) is 0 Å². The van der Waals surface area contributed by atoms with E-state index in [1.807, 2.05) is 25.1 Å². The van der Waals surface area contributed by atoms with Gasteiger partial charge in [-0.15, -0.1) is 0 Å². The lowest BCUT2D eigenvalue weighted by molar-refractivity contribution is 0.786. The first kappa shape index (κ1) is 10.5. The Kier molecular flexibility index (Phi) is 3.07. The first-order chi connectivity index (χ1) is 7.79. The molecular formula is C14H14N2. The lowest BCUT2D eigenvalue weighted by Gasteiger charge is -2.08. The summed E-state index contributed by atoms with van der Waals surface area (Å²) in [4.78, 5) is 0. The first-order valence-electron chi connectivity index (χ1n) is 5.42. The van der Waals surface area contributed by atoms with Crippen molar-refractivity contribution in [2.75, 3.05) is 11.9 Å². The molecule has 0 radical (unpaired) electrons. The van der Waals surface area contributed by atoms with Crippen molar-refractivity contribution in [2.45, 2.75) is 6.92 Å². The van der Waals surface area contributed by atoms with E-state index in [1.165, 1.54) is 10.8 Å². The van der Waals surface area contributed by atoms with E-state index < -0.39 is 0 Å². The van der Waals surface area contributed by atoms with Crippen LogP contribution in [0.15, 0.2) is 42.5 Å². The molecule has 0 spiro atoms. The fourth-order valence-corrected chi connectivity index (χ4v) is 1.62. The number of hydrogen-bond donors (Lipinski definition) is 1. The van der Waals surface area contributed by atoms with Crippen molar-refractivity contribution in [2.24, 2.45) is 5.92 Å². The monoisotopic (exact) mass is 210 g/mol. The van der Waals surface area contributed by atoms with Crippen LogP contribution in [0.25, 0.3) is 10.8 Å². The number of nitriles is 1. The Morgan fingerprint density at radius 1 is 1.19 bits per heavy atom. The zero-order valence-electron chi connectivity index (χ0n) is 9.27. The van der Waals surface area contributed by atoms with Gasteiger partial charge in [0.2, 0.25) is 0 Å². The molecule has 0 saturated heterocycles. The second-order valence-corrected chi connectivity index (χ2v) is 3.97. The van der Waals surface area contributed by atoms with Gasteiger partial charge in [-0.25, -0.2) is 0 Å². The van der Waals surface area contributed by atoms with Crippen molar-refractivity contribution in [1.29, 1.82) is 5.26 Å². The van der Waals surface area contributed by atoms with Crippen LogP contribution in [0.4, 0.5) is 5.69 Å². The van der Waals surface area contributed by atoms with Gasteiger partial charge in [0.15, 0.2) is 0 Å². The fourth-order valence-electron chi connectivity index (χ4n) is 1.62. The molecule has 2 aromatic carbocycles. The molecule has 1 N–H and O–H groups in total. The molecule has 80 valence electrons. The zero-order valence-corrected chi connectivity index (χ0v) is 9.27. The third-order valence-electron chi connectivity index (χ3n) is 2.58. The quantitative estimate of drug-likeness (QED) is 0.842. The summed E-state index contributed by atoms with van der Waals surface area (Å²) in [5.41, 5.74) is 1.07. The summed E-state index contributed by atoms with van der Waals surface area (Å²) in [6, 6.07) is 16.7. The molecule has 16 heavy (non-hydrogen) atoms. The average Bonchev–Trinajstić information content (AvgIpc) is 2.35. The van der Waals surface area contributed by atoms with Crippen molar-refractivity contribution in [1.82, 2.24) is 0 Å². The van der Waals surface area contributed by atoms with E-state index in [0.29, 0.717) is 6.54 Å². The van der Waals surface area contributed by atoms with Gasteiger partial charge < -0.3 is 5.32 Å². The molecule has 0 saturated carbocycles. The Hall–Kier alpha value is -2.01. The molecule has 1 atom stereocenters. The van der Waals surface area contributed by atoms with Crippen LogP contribution in [0.2, 0.25) is 0 Å². The van der Waals surface area contributed by atoms with Crippen LogP contribution >= 0.6 is 0 Å². The molecular weight excluding hydrogens is 196 g/mol. The van der Waals surface area contributed by atoms with E-state index in [9.17, 15) is 0 Å². The minimum atomic E-state index is 0.0338. The summed E-state index contributed by atoms with van der Waals surface area (Å²) in [6.07, 6.45) is 0. The number of anilines is 1. The topological polar surface area (TPSA) is 35.8 Å². The summed E-state index contributed by atoms with van der Waals surface area (Å²) in [5, 5.41) is 14.4. The average molecular weight is 210 g/mol. The number of fused-ring (bicyclic) bond motifs is 1. The number of nitrogens with one attached hydrogen (secondary N) is 1. The minimum absolute atomic E-state index is 0.0338. The van der Waals surface area contributed by atoms with Gasteiger partial charge in [-0.1, -0.05) is 30.3 Å². The first-order valence-corrected chi connectivity index (χ1v) is 5.42. The van der Waals surface area contributed by atoms with Crippen LogP contribution in [0, 0.1) is 17.2 Å². The van der Waals surface area contributed by atoms with Gasteiger partial charge in [-0.3, -0.25) is 0 Å². The van der Waals surface area contributed by atoms with E-state index in [1.54, 1.807) is 0 Å². The molecule has 0 amide bonds.